The van der Waals surface area contributed by atoms with Crippen LogP contribution >= 0.6 is 0 Å². The molecular formula is C25H30FN5O3. The lowest BCUT2D eigenvalue weighted by Crippen LogP contribution is -2.49. The predicted molar refractivity (Wildman–Crippen MR) is 128 cm³/mol. The lowest BCUT2D eigenvalue weighted by Gasteiger charge is -2.36. The Labute approximate surface area is 198 Å². The number of aryl methyl sites for hydroxylation is 2. The Bertz CT molecular complexity index is 1160. The monoisotopic (exact) mass is 467 g/mol. The van der Waals surface area contributed by atoms with Gasteiger partial charge >= 0.3 is 6.03 Å². The molecule has 0 atom stereocenters. The number of rotatable bonds is 4. The third-order valence-electron chi connectivity index (χ3n) is 6.69. The zero-order chi connectivity index (χ0) is 24.8. The average Bonchev–Trinajstić information content (AvgIpc) is 2.97. The maximum Gasteiger partial charge on any atom is 0.331 e. The fourth-order valence-electron chi connectivity index (χ4n) is 4.67. The molecule has 2 saturated heterocycles. The van der Waals surface area contributed by atoms with Crippen LogP contribution in [0.1, 0.15) is 42.3 Å². The van der Waals surface area contributed by atoms with Gasteiger partial charge in [-0.15, -0.1) is 0 Å². The van der Waals surface area contributed by atoms with Crippen LogP contribution in [-0.2, 0) is 11.2 Å². The molecule has 2 fully saturated rings. The number of hydrogen-bond donors (Lipinski definition) is 0. The van der Waals surface area contributed by atoms with E-state index < -0.39 is 23.3 Å². The van der Waals surface area contributed by atoms with Crippen LogP contribution < -0.4 is 9.80 Å². The molecule has 180 valence electrons. The van der Waals surface area contributed by atoms with Crippen LogP contribution in [0.5, 0.6) is 0 Å². The molecule has 1 aromatic heterocycles. The van der Waals surface area contributed by atoms with Crippen molar-refractivity contribution in [1.82, 2.24) is 14.8 Å². The Morgan fingerprint density at radius 3 is 2.32 bits per heavy atom. The molecule has 0 aliphatic carbocycles. The number of anilines is 2. The van der Waals surface area contributed by atoms with Crippen molar-refractivity contribution in [3.05, 3.63) is 53.0 Å². The van der Waals surface area contributed by atoms with Crippen molar-refractivity contribution in [3.63, 3.8) is 0 Å². The first-order valence-electron chi connectivity index (χ1n) is 11.5. The topological polar surface area (TPSA) is 77.1 Å². The summed E-state index contributed by atoms with van der Waals surface area (Å²) in [6.07, 6.45) is 2.81. The number of likely N-dealkylation sites (N-methyl/N-ethyl adjacent to an activating group) is 1. The number of pyridine rings is 1. The zero-order valence-corrected chi connectivity index (χ0v) is 20.3. The summed E-state index contributed by atoms with van der Waals surface area (Å²) in [5.41, 5.74) is 1.33. The van der Waals surface area contributed by atoms with Crippen LogP contribution in [0.25, 0.3) is 0 Å². The van der Waals surface area contributed by atoms with Crippen molar-refractivity contribution in [2.24, 2.45) is 0 Å². The van der Waals surface area contributed by atoms with Crippen LogP contribution in [0.2, 0.25) is 0 Å². The molecule has 0 unspecified atom stereocenters. The van der Waals surface area contributed by atoms with Crippen LogP contribution in [-0.4, -0.2) is 71.4 Å². The van der Waals surface area contributed by atoms with Crippen molar-refractivity contribution in [2.75, 3.05) is 43.0 Å². The number of carbonyl (C=O) groups is 3. The molecule has 2 aromatic rings. The highest BCUT2D eigenvalue weighted by Gasteiger charge is 2.50. The molecule has 0 N–H and O–H groups in total. The lowest BCUT2D eigenvalue weighted by molar-refractivity contribution is -0.128. The number of carbonyl (C=O) groups excluding carboxylic acids is 3. The minimum Gasteiger partial charge on any atom is -0.353 e. The van der Waals surface area contributed by atoms with Gasteiger partial charge in [0.25, 0.3) is 11.8 Å². The normalized spacial score (nSPS) is 18.2. The highest BCUT2D eigenvalue weighted by atomic mass is 19.1. The maximum absolute atomic E-state index is 15.0. The third-order valence-corrected chi connectivity index (χ3v) is 6.69. The van der Waals surface area contributed by atoms with Gasteiger partial charge in [-0.2, -0.15) is 0 Å². The van der Waals surface area contributed by atoms with E-state index in [-0.39, 0.29) is 17.2 Å². The van der Waals surface area contributed by atoms with E-state index in [2.05, 4.69) is 22.9 Å². The van der Waals surface area contributed by atoms with Gasteiger partial charge in [0.1, 0.15) is 17.2 Å². The number of amides is 4. The second-order valence-corrected chi connectivity index (χ2v) is 9.32. The van der Waals surface area contributed by atoms with Gasteiger partial charge in [0.2, 0.25) is 0 Å². The van der Waals surface area contributed by atoms with E-state index in [9.17, 15) is 14.4 Å². The first kappa shape index (κ1) is 23.7. The molecule has 8 nitrogen and oxygen atoms in total. The number of halogens is 1. The number of aromatic nitrogens is 1. The number of nitrogens with zero attached hydrogens (tertiary/aromatic N) is 5. The molecular weight excluding hydrogens is 437 g/mol. The Hall–Kier alpha value is -3.49. The van der Waals surface area contributed by atoms with Crippen molar-refractivity contribution >= 4 is 29.4 Å². The first-order valence-corrected chi connectivity index (χ1v) is 11.5. The molecule has 3 heterocycles. The van der Waals surface area contributed by atoms with Gasteiger partial charge < -0.3 is 9.80 Å². The number of imide groups is 1. The minimum atomic E-state index is -1.14. The lowest BCUT2D eigenvalue weighted by atomic mass is 10.0. The predicted octanol–water partition coefficient (Wildman–Crippen LogP) is 3.23. The highest BCUT2D eigenvalue weighted by molar-refractivity contribution is 6.16. The molecule has 34 heavy (non-hydrogen) atoms. The van der Waals surface area contributed by atoms with E-state index in [4.69, 9.17) is 0 Å². The molecule has 2 aliphatic rings. The van der Waals surface area contributed by atoms with Crippen molar-refractivity contribution in [1.29, 1.82) is 0 Å². The van der Waals surface area contributed by atoms with E-state index in [1.807, 2.05) is 13.1 Å². The number of benzene rings is 1. The van der Waals surface area contributed by atoms with Gasteiger partial charge in [0.15, 0.2) is 0 Å². The number of hydrogen-bond acceptors (Lipinski definition) is 5. The number of urea groups is 1. The molecule has 9 heteroatoms. The quantitative estimate of drug-likeness (QED) is 0.646. The summed E-state index contributed by atoms with van der Waals surface area (Å²) in [5, 5.41) is 0. The van der Waals surface area contributed by atoms with E-state index in [1.165, 1.54) is 29.6 Å². The van der Waals surface area contributed by atoms with Crippen molar-refractivity contribution in [2.45, 2.75) is 39.7 Å². The van der Waals surface area contributed by atoms with Gasteiger partial charge in [-0.1, -0.05) is 13.0 Å². The Balaban J connectivity index is 1.47. The maximum atomic E-state index is 15.0. The highest BCUT2D eigenvalue weighted by Crippen LogP contribution is 2.33. The third kappa shape index (κ3) is 3.89. The Kier molecular flexibility index (Phi) is 6.05. The summed E-state index contributed by atoms with van der Waals surface area (Å²) >= 11 is 0. The van der Waals surface area contributed by atoms with Gasteiger partial charge in [0.05, 0.1) is 5.56 Å². The van der Waals surface area contributed by atoms with Gasteiger partial charge in [0, 0.05) is 45.1 Å². The van der Waals surface area contributed by atoms with E-state index in [0.717, 1.165) is 28.8 Å². The van der Waals surface area contributed by atoms with Gasteiger partial charge in [-0.25, -0.2) is 14.2 Å². The second kappa shape index (κ2) is 8.70. The summed E-state index contributed by atoms with van der Waals surface area (Å²) in [6.45, 7) is 9.47. The SMILES string of the molecule is CCc1cnc(N2CCN(C(=O)c3ccc(N4C(=O)N(C)C(=O)C4(C)C)cc3F)CC2)c(C)c1. The van der Waals surface area contributed by atoms with Gasteiger partial charge in [-0.3, -0.25) is 19.4 Å². The van der Waals surface area contributed by atoms with Crippen LogP contribution in [0, 0.1) is 12.7 Å². The van der Waals surface area contributed by atoms with Gasteiger partial charge in [-0.05, 0) is 56.5 Å². The smallest absolute Gasteiger partial charge is 0.331 e. The van der Waals surface area contributed by atoms with Crippen molar-refractivity contribution < 1.29 is 18.8 Å². The summed E-state index contributed by atoms with van der Waals surface area (Å²) in [5.74, 6) is -0.569. The van der Waals surface area contributed by atoms with E-state index >= 15 is 4.39 Å². The molecule has 4 amide bonds. The second-order valence-electron chi connectivity index (χ2n) is 9.32. The minimum absolute atomic E-state index is 0.0528. The van der Waals surface area contributed by atoms with E-state index in [0.29, 0.717) is 26.2 Å². The molecule has 4 rings (SSSR count). The molecule has 0 bridgehead atoms. The molecule has 0 saturated carbocycles. The average molecular weight is 468 g/mol. The number of piperazine rings is 1. The van der Waals surface area contributed by atoms with E-state index in [1.54, 1.807) is 18.7 Å². The molecule has 0 spiro atoms. The summed E-state index contributed by atoms with van der Waals surface area (Å²) in [6, 6.07) is 5.66. The first-order chi connectivity index (χ1) is 16.1. The van der Waals surface area contributed by atoms with Crippen LogP contribution in [0.15, 0.2) is 30.5 Å². The Morgan fingerprint density at radius 2 is 1.79 bits per heavy atom. The fraction of sp³-hybridized carbons (Fsp3) is 0.440. The zero-order valence-electron chi connectivity index (χ0n) is 20.3. The fourth-order valence-corrected chi connectivity index (χ4v) is 4.67. The summed E-state index contributed by atoms with van der Waals surface area (Å²) in [7, 11) is 1.40. The Morgan fingerprint density at radius 1 is 1.12 bits per heavy atom. The summed E-state index contributed by atoms with van der Waals surface area (Å²) < 4.78 is 15.0. The standard InChI is InChI=1S/C25H30FN5O3/c1-6-17-13-16(2)21(27-15-17)29-9-11-30(12-10-29)22(32)19-8-7-18(14-20(19)26)31-24(34)28(5)23(33)25(31,3)4/h7-8,13-15H,6,9-12H2,1-5H3. The van der Waals surface area contributed by atoms with Crippen molar-refractivity contribution in [3.8, 4) is 0 Å². The molecule has 2 aliphatic heterocycles. The van der Waals surface area contributed by atoms with Crippen LogP contribution in [0.3, 0.4) is 0 Å². The summed E-state index contributed by atoms with van der Waals surface area (Å²) in [4.78, 5) is 48.6. The molecule has 1 aromatic carbocycles. The molecule has 0 radical (unpaired) electrons. The van der Waals surface area contributed by atoms with Crippen LogP contribution in [0.4, 0.5) is 20.7 Å². The largest absolute Gasteiger partial charge is 0.353 e.